The topological polar surface area (TPSA) is 70.6 Å². The van der Waals surface area contributed by atoms with Crippen LogP contribution in [-0.2, 0) is 9.59 Å². The Morgan fingerprint density at radius 1 is 1.15 bits per heavy atom. The number of nitrogens with zero attached hydrogens (tertiary/aromatic N) is 1. The van der Waals surface area contributed by atoms with Gasteiger partial charge in [-0.25, -0.2) is 5.43 Å². The summed E-state index contributed by atoms with van der Waals surface area (Å²) in [4.78, 5) is 24.8. The third-order valence-electron chi connectivity index (χ3n) is 4.32. The Bertz CT molecular complexity index is 883. The molecule has 2 aromatic rings. The van der Waals surface area contributed by atoms with E-state index in [4.69, 9.17) is 0 Å². The molecule has 0 bridgehead atoms. The Hall–Kier alpha value is -1.99. The summed E-state index contributed by atoms with van der Waals surface area (Å²) in [6, 6.07) is 15.3. The van der Waals surface area contributed by atoms with Crippen molar-refractivity contribution < 1.29 is 9.59 Å². The molecule has 7 heteroatoms. The minimum absolute atomic E-state index is 0.221. The number of carbonyl (C=O) groups excluding carboxylic acids is 2. The maximum Gasteiger partial charge on any atom is 0.253 e. The van der Waals surface area contributed by atoms with Crippen LogP contribution in [0.3, 0.4) is 0 Å². The lowest BCUT2D eigenvalue weighted by atomic mass is 9.88. The average molecular weight is 479 g/mol. The highest BCUT2D eigenvalue weighted by Gasteiger charge is 2.41. The normalized spacial score (nSPS) is 20.0. The van der Waals surface area contributed by atoms with E-state index in [1.165, 1.54) is 0 Å². The predicted octanol–water partition coefficient (Wildman–Crippen LogP) is 3.58. The third-order valence-corrected chi connectivity index (χ3v) is 5.30. The molecule has 1 fully saturated rings. The smallest absolute Gasteiger partial charge is 0.253 e. The Balaban J connectivity index is 1.77. The molecule has 0 radical (unpaired) electrons. The van der Waals surface area contributed by atoms with Gasteiger partial charge in [0.2, 0.25) is 5.91 Å². The molecule has 0 saturated carbocycles. The quantitative estimate of drug-likeness (QED) is 0.400. The first-order chi connectivity index (χ1) is 12.5. The average Bonchev–Trinajstić information content (AvgIpc) is 3.01. The van der Waals surface area contributed by atoms with Crippen LogP contribution in [0.4, 0.5) is 0 Å². The van der Waals surface area contributed by atoms with Crippen LogP contribution in [0.15, 0.2) is 62.6 Å². The van der Waals surface area contributed by atoms with Gasteiger partial charge in [-0.1, -0.05) is 56.1 Å². The summed E-state index contributed by atoms with van der Waals surface area (Å²) in [6.07, 6.45) is 0. The van der Waals surface area contributed by atoms with Gasteiger partial charge >= 0.3 is 0 Å². The van der Waals surface area contributed by atoms with E-state index in [2.05, 4.69) is 47.7 Å². The number of rotatable bonds is 4. The molecule has 1 saturated heterocycles. The molecular formula is C19H17Br2N3O2. The summed E-state index contributed by atoms with van der Waals surface area (Å²) < 4.78 is 1.85. The number of halogens is 2. The monoisotopic (exact) mass is 477 g/mol. The fourth-order valence-corrected chi connectivity index (χ4v) is 3.77. The van der Waals surface area contributed by atoms with Crippen molar-refractivity contribution in [2.45, 2.75) is 12.8 Å². The fourth-order valence-electron chi connectivity index (χ4n) is 2.96. The summed E-state index contributed by atoms with van der Waals surface area (Å²) in [6.45, 7) is 2.24. The van der Waals surface area contributed by atoms with Crippen LogP contribution in [0.25, 0.3) is 0 Å². The van der Waals surface area contributed by atoms with Gasteiger partial charge in [-0.3, -0.25) is 9.59 Å². The van der Waals surface area contributed by atoms with Gasteiger partial charge in [-0.15, -0.1) is 0 Å². The summed E-state index contributed by atoms with van der Waals surface area (Å²) in [5, 5.41) is 6.94. The molecule has 0 unspecified atom stereocenters. The number of benzene rings is 2. The standard InChI is InChI=1S/C19H17Br2N3O2/c1-11(12-4-2-6-14(20)8-12)23-24-19(26)17-16(10-22-18(17)25)13-5-3-7-15(21)9-13/h2-9,16-17H,10H2,1H3,(H,22,25)(H,24,26)/b23-11+/t16-,17-/m0/s1. The van der Waals surface area contributed by atoms with Crippen molar-refractivity contribution in [1.29, 1.82) is 0 Å². The molecule has 2 amide bonds. The molecule has 0 spiro atoms. The maximum atomic E-state index is 12.6. The zero-order chi connectivity index (χ0) is 18.7. The van der Waals surface area contributed by atoms with Crippen molar-refractivity contribution >= 4 is 49.4 Å². The number of hydrogen-bond donors (Lipinski definition) is 2. The first kappa shape index (κ1) is 18.8. The molecule has 0 aromatic heterocycles. The van der Waals surface area contributed by atoms with Crippen LogP contribution in [-0.4, -0.2) is 24.1 Å². The number of amides is 2. The van der Waals surface area contributed by atoms with Crippen LogP contribution in [0.1, 0.15) is 24.0 Å². The zero-order valence-electron chi connectivity index (χ0n) is 14.0. The second kappa shape index (κ2) is 8.14. The molecular weight excluding hydrogens is 462 g/mol. The van der Waals surface area contributed by atoms with Crippen molar-refractivity contribution in [3.63, 3.8) is 0 Å². The zero-order valence-corrected chi connectivity index (χ0v) is 17.2. The lowest BCUT2D eigenvalue weighted by Gasteiger charge is -2.16. The van der Waals surface area contributed by atoms with E-state index in [1.807, 2.05) is 55.5 Å². The van der Waals surface area contributed by atoms with Crippen molar-refractivity contribution in [3.05, 3.63) is 68.6 Å². The molecule has 0 aliphatic carbocycles. The molecule has 1 heterocycles. The Morgan fingerprint density at radius 3 is 2.54 bits per heavy atom. The molecule has 3 rings (SSSR count). The van der Waals surface area contributed by atoms with Gasteiger partial charge in [0, 0.05) is 21.4 Å². The lowest BCUT2D eigenvalue weighted by Crippen LogP contribution is -2.35. The van der Waals surface area contributed by atoms with E-state index in [0.29, 0.717) is 12.3 Å². The maximum absolute atomic E-state index is 12.6. The molecule has 2 N–H and O–H groups in total. The van der Waals surface area contributed by atoms with Gasteiger partial charge in [0.05, 0.1) is 5.71 Å². The first-order valence-electron chi connectivity index (χ1n) is 8.09. The number of carbonyl (C=O) groups is 2. The lowest BCUT2D eigenvalue weighted by molar-refractivity contribution is -0.133. The molecule has 1 aliphatic heterocycles. The van der Waals surface area contributed by atoms with Crippen LogP contribution in [0.2, 0.25) is 0 Å². The van der Waals surface area contributed by atoms with Gasteiger partial charge in [-0.05, 0) is 42.3 Å². The number of hydrogen-bond acceptors (Lipinski definition) is 3. The van der Waals surface area contributed by atoms with Crippen LogP contribution >= 0.6 is 31.9 Å². The molecule has 26 heavy (non-hydrogen) atoms. The highest BCUT2D eigenvalue weighted by atomic mass is 79.9. The predicted molar refractivity (Wildman–Crippen MR) is 108 cm³/mol. The fraction of sp³-hybridized carbons (Fsp3) is 0.211. The number of hydrazone groups is 1. The first-order valence-corrected chi connectivity index (χ1v) is 9.67. The van der Waals surface area contributed by atoms with E-state index in [-0.39, 0.29) is 11.8 Å². The highest BCUT2D eigenvalue weighted by molar-refractivity contribution is 9.10. The van der Waals surface area contributed by atoms with Crippen molar-refractivity contribution in [2.75, 3.05) is 6.54 Å². The molecule has 2 atom stereocenters. The van der Waals surface area contributed by atoms with Gasteiger partial charge in [-0.2, -0.15) is 5.10 Å². The van der Waals surface area contributed by atoms with E-state index in [9.17, 15) is 9.59 Å². The summed E-state index contributed by atoms with van der Waals surface area (Å²) in [7, 11) is 0. The van der Waals surface area contributed by atoms with E-state index in [0.717, 1.165) is 20.1 Å². The minimum Gasteiger partial charge on any atom is -0.355 e. The second-order valence-corrected chi connectivity index (χ2v) is 7.90. The van der Waals surface area contributed by atoms with E-state index >= 15 is 0 Å². The second-order valence-electron chi connectivity index (χ2n) is 6.07. The van der Waals surface area contributed by atoms with Gasteiger partial charge in [0.1, 0.15) is 5.92 Å². The van der Waals surface area contributed by atoms with E-state index < -0.39 is 11.8 Å². The van der Waals surface area contributed by atoms with Crippen LogP contribution in [0, 0.1) is 5.92 Å². The highest BCUT2D eigenvalue weighted by Crippen LogP contribution is 2.30. The largest absolute Gasteiger partial charge is 0.355 e. The van der Waals surface area contributed by atoms with Crippen LogP contribution in [0.5, 0.6) is 0 Å². The van der Waals surface area contributed by atoms with Crippen LogP contribution < -0.4 is 10.7 Å². The summed E-state index contributed by atoms with van der Waals surface area (Å²) in [5.41, 5.74) is 5.04. The van der Waals surface area contributed by atoms with Gasteiger partial charge in [0.15, 0.2) is 0 Å². The Kier molecular flexibility index (Phi) is 5.88. The number of nitrogens with one attached hydrogen (secondary N) is 2. The molecule has 134 valence electrons. The van der Waals surface area contributed by atoms with Gasteiger partial charge < -0.3 is 5.32 Å². The van der Waals surface area contributed by atoms with Gasteiger partial charge in [0.25, 0.3) is 5.91 Å². The molecule has 1 aliphatic rings. The molecule has 5 nitrogen and oxygen atoms in total. The third kappa shape index (κ3) is 4.22. The summed E-state index contributed by atoms with van der Waals surface area (Å²) in [5.74, 6) is -1.70. The molecule has 2 aromatic carbocycles. The summed E-state index contributed by atoms with van der Waals surface area (Å²) >= 11 is 6.84. The van der Waals surface area contributed by atoms with E-state index in [1.54, 1.807) is 0 Å². The van der Waals surface area contributed by atoms with Crippen molar-refractivity contribution in [3.8, 4) is 0 Å². The minimum atomic E-state index is -0.802. The Morgan fingerprint density at radius 2 is 1.85 bits per heavy atom. The van der Waals surface area contributed by atoms with Crippen molar-refractivity contribution in [2.24, 2.45) is 11.0 Å². The SMILES string of the molecule is C/C(=N\NC(=O)[C@@H]1C(=O)NC[C@H]1c1cccc(Br)c1)c1cccc(Br)c1. The van der Waals surface area contributed by atoms with Crippen molar-refractivity contribution in [1.82, 2.24) is 10.7 Å². The Labute approximate surface area is 168 Å².